The molecule has 2 aliphatic heterocycles. The number of methoxy groups -OCH3 is 1. The predicted octanol–water partition coefficient (Wildman–Crippen LogP) is 3.63. The number of amides is 3. The normalized spacial score (nSPS) is 24.5. The third-order valence-electron chi connectivity index (χ3n) is 6.89. The lowest BCUT2D eigenvalue weighted by molar-refractivity contribution is -0.139. The standard InChI is InChI=1S/C26H27N3O4/c1-33-20-13-11-17(12-14-20)23-10-5-15-28(23)25(31)18-6-4-7-19(16-18)29-26(32)22-9-3-2-8-21(22)24(30)27-29/h2-4,6-7,11-14,16,21-23H,5,8-10,15H2,1H3,(H,27,30)/t21-,22+,23+/m1/s1. The summed E-state index contributed by atoms with van der Waals surface area (Å²) >= 11 is 0. The number of ether oxygens (including phenoxy) is 1. The van der Waals surface area contributed by atoms with Gasteiger partial charge in [-0.05, 0) is 61.6 Å². The van der Waals surface area contributed by atoms with Crippen LogP contribution in [0.2, 0.25) is 0 Å². The lowest BCUT2D eigenvalue weighted by atomic mass is 9.80. The second kappa shape index (κ2) is 8.73. The zero-order valence-electron chi connectivity index (χ0n) is 18.6. The Hall–Kier alpha value is -3.61. The number of hydrazine groups is 1. The molecule has 3 atom stereocenters. The molecule has 0 bridgehead atoms. The summed E-state index contributed by atoms with van der Waals surface area (Å²) in [4.78, 5) is 41.1. The lowest BCUT2D eigenvalue weighted by Crippen LogP contribution is -2.59. The Labute approximate surface area is 193 Å². The minimum Gasteiger partial charge on any atom is -0.497 e. The fourth-order valence-electron chi connectivity index (χ4n) is 5.11. The average molecular weight is 446 g/mol. The number of carbonyl (C=O) groups is 3. The fourth-order valence-corrected chi connectivity index (χ4v) is 5.11. The predicted molar refractivity (Wildman–Crippen MR) is 123 cm³/mol. The SMILES string of the molecule is COc1ccc([C@@H]2CCCN2C(=O)c2cccc(N3NC(=O)[C@@H]4CC=CC[C@@H]4C3=O)c2)cc1. The first-order valence-corrected chi connectivity index (χ1v) is 11.4. The van der Waals surface area contributed by atoms with Crippen LogP contribution in [0.25, 0.3) is 0 Å². The molecule has 2 aromatic rings. The first-order chi connectivity index (χ1) is 16.1. The summed E-state index contributed by atoms with van der Waals surface area (Å²) in [6.45, 7) is 0.676. The van der Waals surface area contributed by atoms with Crippen LogP contribution in [0, 0.1) is 11.8 Å². The fraction of sp³-hybridized carbons (Fsp3) is 0.346. The van der Waals surface area contributed by atoms with E-state index in [0.717, 1.165) is 24.2 Å². The van der Waals surface area contributed by atoms with E-state index < -0.39 is 0 Å². The van der Waals surface area contributed by atoms with Crippen LogP contribution in [0.15, 0.2) is 60.7 Å². The Balaban J connectivity index is 1.38. The van der Waals surface area contributed by atoms with Crippen LogP contribution in [0.3, 0.4) is 0 Å². The number of nitrogens with zero attached hydrogens (tertiary/aromatic N) is 2. The number of anilines is 1. The Kier molecular flexibility index (Phi) is 5.62. The number of benzene rings is 2. The molecule has 5 rings (SSSR count). The smallest absolute Gasteiger partial charge is 0.254 e. The van der Waals surface area contributed by atoms with Crippen LogP contribution >= 0.6 is 0 Å². The number of likely N-dealkylation sites (tertiary alicyclic amines) is 1. The van der Waals surface area contributed by atoms with Gasteiger partial charge in [0.05, 0.1) is 30.7 Å². The molecule has 2 heterocycles. The van der Waals surface area contributed by atoms with E-state index in [9.17, 15) is 14.4 Å². The Morgan fingerprint density at radius 1 is 1.03 bits per heavy atom. The summed E-state index contributed by atoms with van der Waals surface area (Å²) in [7, 11) is 1.63. The van der Waals surface area contributed by atoms with E-state index in [1.165, 1.54) is 5.01 Å². The second-order valence-electron chi connectivity index (χ2n) is 8.79. The highest BCUT2D eigenvalue weighted by atomic mass is 16.5. The van der Waals surface area contributed by atoms with Crippen molar-refractivity contribution in [3.05, 3.63) is 71.8 Å². The molecule has 0 aromatic heterocycles. The van der Waals surface area contributed by atoms with E-state index >= 15 is 0 Å². The first-order valence-electron chi connectivity index (χ1n) is 11.4. The van der Waals surface area contributed by atoms with E-state index in [2.05, 4.69) is 5.43 Å². The van der Waals surface area contributed by atoms with Gasteiger partial charge in [-0.2, -0.15) is 0 Å². The van der Waals surface area contributed by atoms with Crippen molar-refractivity contribution in [3.8, 4) is 5.75 Å². The summed E-state index contributed by atoms with van der Waals surface area (Å²) in [6.07, 6.45) is 6.88. The minimum absolute atomic E-state index is 0.00170. The molecule has 3 aliphatic rings. The highest BCUT2D eigenvalue weighted by Crippen LogP contribution is 2.35. The van der Waals surface area contributed by atoms with Crippen molar-refractivity contribution in [2.75, 3.05) is 18.7 Å². The number of allylic oxidation sites excluding steroid dienone is 2. The summed E-state index contributed by atoms with van der Waals surface area (Å²) in [5.74, 6) is -0.263. The van der Waals surface area contributed by atoms with Crippen LogP contribution in [-0.4, -0.2) is 36.3 Å². The van der Waals surface area contributed by atoms with E-state index in [4.69, 9.17) is 4.74 Å². The number of fused-ring (bicyclic) bond motifs is 1. The van der Waals surface area contributed by atoms with Crippen LogP contribution in [0.4, 0.5) is 5.69 Å². The van der Waals surface area contributed by atoms with Crippen LogP contribution in [0.1, 0.15) is 47.6 Å². The van der Waals surface area contributed by atoms with Crippen molar-refractivity contribution < 1.29 is 19.1 Å². The van der Waals surface area contributed by atoms with Gasteiger partial charge in [-0.25, -0.2) is 5.01 Å². The van der Waals surface area contributed by atoms with Gasteiger partial charge < -0.3 is 9.64 Å². The van der Waals surface area contributed by atoms with Crippen LogP contribution in [0.5, 0.6) is 5.75 Å². The Bertz CT molecular complexity index is 1110. The van der Waals surface area contributed by atoms with Gasteiger partial charge in [-0.3, -0.25) is 19.8 Å². The van der Waals surface area contributed by atoms with E-state index in [-0.39, 0.29) is 35.6 Å². The summed E-state index contributed by atoms with van der Waals surface area (Å²) < 4.78 is 5.25. The average Bonchev–Trinajstić information content (AvgIpc) is 3.36. The maximum Gasteiger partial charge on any atom is 0.254 e. The van der Waals surface area contributed by atoms with Crippen LogP contribution < -0.4 is 15.2 Å². The molecule has 0 unspecified atom stereocenters. The van der Waals surface area contributed by atoms with Gasteiger partial charge in [0.1, 0.15) is 5.75 Å². The molecule has 0 radical (unpaired) electrons. The minimum atomic E-state index is -0.360. The molecule has 3 amide bonds. The van der Waals surface area contributed by atoms with Crippen molar-refractivity contribution in [3.63, 3.8) is 0 Å². The van der Waals surface area contributed by atoms with Gasteiger partial charge in [-0.15, -0.1) is 0 Å². The van der Waals surface area contributed by atoms with Gasteiger partial charge in [-0.1, -0.05) is 30.4 Å². The number of hydrogen-bond donors (Lipinski definition) is 1. The van der Waals surface area contributed by atoms with E-state index in [1.54, 1.807) is 31.4 Å². The lowest BCUT2D eigenvalue weighted by Gasteiger charge is -2.38. The van der Waals surface area contributed by atoms with Crippen molar-refractivity contribution >= 4 is 23.4 Å². The van der Waals surface area contributed by atoms with Crippen LogP contribution in [-0.2, 0) is 9.59 Å². The van der Waals surface area contributed by atoms with Crippen molar-refractivity contribution in [2.24, 2.45) is 11.8 Å². The summed E-state index contributed by atoms with van der Waals surface area (Å²) in [6, 6.07) is 14.8. The number of carbonyl (C=O) groups excluding carboxylic acids is 3. The van der Waals surface area contributed by atoms with Gasteiger partial charge >= 0.3 is 0 Å². The van der Waals surface area contributed by atoms with Gasteiger partial charge in [0, 0.05) is 12.1 Å². The zero-order valence-corrected chi connectivity index (χ0v) is 18.6. The molecule has 1 aliphatic carbocycles. The second-order valence-corrected chi connectivity index (χ2v) is 8.79. The maximum absolute atomic E-state index is 13.5. The summed E-state index contributed by atoms with van der Waals surface area (Å²) in [5.41, 5.74) is 4.82. The van der Waals surface area contributed by atoms with Crippen molar-refractivity contribution in [1.82, 2.24) is 10.3 Å². The molecule has 170 valence electrons. The number of rotatable bonds is 4. The first kappa shape index (κ1) is 21.2. The number of hydrogen-bond acceptors (Lipinski definition) is 4. The van der Waals surface area contributed by atoms with Gasteiger partial charge in [0.15, 0.2) is 0 Å². The van der Waals surface area contributed by atoms with E-state index in [1.807, 2.05) is 41.3 Å². The topological polar surface area (TPSA) is 79.0 Å². The molecule has 33 heavy (non-hydrogen) atoms. The number of nitrogens with one attached hydrogen (secondary N) is 1. The van der Waals surface area contributed by atoms with Crippen molar-refractivity contribution in [1.29, 1.82) is 0 Å². The Morgan fingerprint density at radius 3 is 2.55 bits per heavy atom. The third-order valence-corrected chi connectivity index (χ3v) is 6.89. The largest absolute Gasteiger partial charge is 0.497 e. The molecule has 2 saturated heterocycles. The summed E-state index contributed by atoms with van der Waals surface area (Å²) in [5, 5.41) is 1.31. The van der Waals surface area contributed by atoms with Gasteiger partial charge in [0.25, 0.3) is 5.91 Å². The molecule has 7 heteroatoms. The third kappa shape index (κ3) is 3.88. The highest BCUT2D eigenvalue weighted by molar-refractivity contribution is 6.05. The molecule has 1 N–H and O–H groups in total. The molecule has 0 saturated carbocycles. The quantitative estimate of drug-likeness (QED) is 0.729. The molecule has 2 fully saturated rings. The highest BCUT2D eigenvalue weighted by Gasteiger charge is 2.42. The van der Waals surface area contributed by atoms with Gasteiger partial charge in [0.2, 0.25) is 11.8 Å². The zero-order chi connectivity index (χ0) is 22.9. The monoisotopic (exact) mass is 445 g/mol. The molecular formula is C26H27N3O4. The molecule has 2 aromatic carbocycles. The molecular weight excluding hydrogens is 418 g/mol. The maximum atomic E-state index is 13.5. The Morgan fingerprint density at radius 2 is 1.79 bits per heavy atom. The molecule has 7 nitrogen and oxygen atoms in total. The van der Waals surface area contributed by atoms with E-state index in [0.29, 0.717) is 30.6 Å². The van der Waals surface area contributed by atoms with Crippen molar-refractivity contribution in [2.45, 2.75) is 31.7 Å². The molecule has 0 spiro atoms.